The summed E-state index contributed by atoms with van der Waals surface area (Å²) in [6.45, 7) is 7.16. The van der Waals surface area contributed by atoms with Gasteiger partial charge in [-0.3, -0.25) is 0 Å². The van der Waals surface area contributed by atoms with Crippen molar-refractivity contribution in [1.82, 2.24) is 9.97 Å². The smallest absolute Gasteiger partial charge is 0.222 e. The minimum absolute atomic E-state index is 0.649. The van der Waals surface area contributed by atoms with Crippen molar-refractivity contribution in [2.45, 2.75) is 27.2 Å². The summed E-state index contributed by atoms with van der Waals surface area (Å²) in [6, 6.07) is 0. The van der Waals surface area contributed by atoms with E-state index in [9.17, 15) is 0 Å². The van der Waals surface area contributed by atoms with Gasteiger partial charge in [0.15, 0.2) is 0 Å². The lowest BCUT2D eigenvalue weighted by atomic mass is 10.1. The fraction of sp³-hybridized carbons (Fsp3) is 0.500. The first-order valence-electron chi connectivity index (χ1n) is 5.38. The maximum atomic E-state index is 4.25. The van der Waals surface area contributed by atoms with Gasteiger partial charge in [-0.05, 0) is 24.8 Å². The highest BCUT2D eigenvalue weighted by Crippen LogP contribution is 2.06. The van der Waals surface area contributed by atoms with Crippen molar-refractivity contribution >= 4 is 5.95 Å². The number of aromatic nitrogens is 2. The van der Waals surface area contributed by atoms with Crippen LogP contribution in [0.4, 0.5) is 5.95 Å². The number of hydrogen-bond acceptors (Lipinski definition) is 3. The second kappa shape index (κ2) is 6.17. The van der Waals surface area contributed by atoms with Gasteiger partial charge in [-0.25, -0.2) is 9.97 Å². The second-order valence-corrected chi connectivity index (χ2v) is 3.96. The number of rotatable bonds is 5. The second-order valence-electron chi connectivity index (χ2n) is 3.96. The standard InChI is InChI=1S/C12H19N3/c1-4-5-6-13-12-14-8-11(9-15-12)7-10(2)3/h4-5,8-10H,6-7H2,1-3H3,(H,13,14,15)/b5-4-. The maximum Gasteiger partial charge on any atom is 0.222 e. The van der Waals surface area contributed by atoms with E-state index in [1.165, 1.54) is 5.56 Å². The Balaban J connectivity index is 2.48. The topological polar surface area (TPSA) is 37.8 Å². The summed E-state index contributed by atoms with van der Waals surface area (Å²) in [5.74, 6) is 1.34. The maximum absolute atomic E-state index is 4.25. The molecule has 15 heavy (non-hydrogen) atoms. The molecule has 82 valence electrons. The van der Waals surface area contributed by atoms with Crippen LogP contribution in [0.25, 0.3) is 0 Å². The predicted molar refractivity (Wildman–Crippen MR) is 63.9 cm³/mol. The number of nitrogens with one attached hydrogen (secondary N) is 1. The predicted octanol–water partition coefficient (Wildman–Crippen LogP) is 2.66. The van der Waals surface area contributed by atoms with Gasteiger partial charge in [-0.15, -0.1) is 0 Å². The van der Waals surface area contributed by atoms with Crippen LogP contribution in [-0.2, 0) is 6.42 Å². The molecule has 1 heterocycles. The number of anilines is 1. The van der Waals surface area contributed by atoms with E-state index < -0.39 is 0 Å². The average molecular weight is 205 g/mol. The van der Waals surface area contributed by atoms with E-state index in [0.29, 0.717) is 11.9 Å². The molecule has 1 rings (SSSR count). The van der Waals surface area contributed by atoms with Gasteiger partial charge in [-0.1, -0.05) is 26.0 Å². The molecule has 3 nitrogen and oxygen atoms in total. The normalized spacial score (nSPS) is 11.2. The largest absolute Gasteiger partial charge is 0.351 e. The SMILES string of the molecule is C/C=C\CNc1ncc(CC(C)C)cn1. The highest BCUT2D eigenvalue weighted by atomic mass is 15.1. The molecule has 3 heteroatoms. The van der Waals surface area contributed by atoms with E-state index in [0.717, 1.165) is 13.0 Å². The van der Waals surface area contributed by atoms with Gasteiger partial charge in [0.2, 0.25) is 5.95 Å². The van der Waals surface area contributed by atoms with E-state index in [2.05, 4.69) is 29.1 Å². The van der Waals surface area contributed by atoms with E-state index in [-0.39, 0.29) is 0 Å². The van der Waals surface area contributed by atoms with Crippen molar-refractivity contribution in [1.29, 1.82) is 0 Å². The van der Waals surface area contributed by atoms with Gasteiger partial charge >= 0.3 is 0 Å². The van der Waals surface area contributed by atoms with Crippen LogP contribution >= 0.6 is 0 Å². The van der Waals surface area contributed by atoms with Crippen molar-refractivity contribution in [3.05, 3.63) is 30.1 Å². The molecular weight excluding hydrogens is 186 g/mol. The zero-order valence-corrected chi connectivity index (χ0v) is 9.70. The Bertz CT molecular complexity index is 301. The van der Waals surface area contributed by atoms with Crippen LogP contribution in [0.2, 0.25) is 0 Å². The zero-order valence-electron chi connectivity index (χ0n) is 9.70. The molecule has 0 aliphatic heterocycles. The molecule has 0 spiro atoms. The third-order valence-electron chi connectivity index (χ3n) is 1.96. The lowest BCUT2D eigenvalue weighted by Crippen LogP contribution is -2.04. The van der Waals surface area contributed by atoms with E-state index in [1.807, 2.05) is 31.5 Å². The van der Waals surface area contributed by atoms with Gasteiger partial charge in [0.05, 0.1) is 0 Å². The van der Waals surface area contributed by atoms with Gasteiger partial charge < -0.3 is 5.32 Å². The highest BCUT2D eigenvalue weighted by molar-refractivity contribution is 5.25. The summed E-state index contributed by atoms with van der Waals surface area (Å²) < 4.78 is 0. The molecule has 0 aromatic carbocycles. The Morgan fingerprint density at radius 2 is 2.00 bits per heavy atom. The molecule has 1 aromatic heterocycles. The quantitative estimate of drug-likeness (QED) is 0.751. The van der Waals surface area contributed by atoms with Crippen molar-refractivity contribution in [2.75, 3.05) is 11.9 Å². The van der Waals surface area contributed by atoms with Crippen LogP contribution in [0.3, 0.4) is 0 Å². The molecule has 0 amide bonds. The first-order valence-corrected chi connectivity index (χ1v) is 5.38. The first-order chi connectivity index (χ1) is 7.22. The molecule has 0 fully saturated rings. The van der Waals surface area contributed by atoms with Crippen molar-refractivity contribution in [3.8, 4) is 0 Å². The number of allylic oxidation sites excluding steroid dienone is 1. The van der Waals surface area contributed by atoms with Crippen molar-refractivity contribution in [2.24, 2.45) is 5.92 Å². The summed E-state index contributed by atoms with van der Waals surface area (Å²) >= 11 is 0. The average Bonchev–Trinajstić information content (AvgIpc) is 2.20. The minimum atomic E-state index is 0.649. The van der Waals surface area contributed by atoms with Crippen molar-refractivity contribution < 1.29 is 0 Å². The number of hydrogen-bond donors (Lipinski definition) is 1. The third kappa shape index (κ3) is 4.58. The van der Waals surface area contributed by atoms with Crippen molar-refractivity contribution in [3.63, 3.8) is 0 Å². The van der Waals surface area contributed by atoms with Gasteiger partial charge in [0, 0.05) is 18.9 Å². The first kappa shape index (κ1) is 11.7. The molecule has 1 aromatic rings. The van der Waals surface area contributed by atoms with Crippen LogP contribution in [0.15, 0.2) is 24.5 Å². The van der Waals surface area contributed by atoms with Crippen LogP contribution in [-0.4, -0.2) is 16.5 Å². The molecule has 0 saturated heterocycles. The van der Waals surface area contributed by atoms with E-state index in [1.54, 1.807) is 0 Å². The summed E-state index contributed by atoms with van der Waals surface area (Å²) in [7, 11) is 0. The van der Waals surface area contributed by atoms with Gasteiger partial charge in [0.1, 0.15) is 0 Å². The lowest BCUT2D eigenvalue weighted by molar-refractivity contribution is 0.643. The molecule has 0 aliphatic rings. The molecular formula is C12H19N3. The molecule has 0 radical (unpaired) electrons. The monoisotopic (exact) mass is 205 g/mol. The molecule has 1 N–H and O–H groups in total. The van der Waals surface area contributed by atoms with E-state index >= 15 is 0 Å². The summed E-state index contributed by atoms with van der Waals surface area (Å²) in [6.07, 6.45) is 8.86. The molecule has 0 bridgehead atoms. The fourth-order valence-electron chi connectivity index (χ4n) is 1.29. The third-order valence-corrected chi connectivity index (χ3v) is 1.96. The van der Waals surface area contributed by atoms with Crippen LogP contribution in [0.1, 0.15) is 26.3 Å². The van der Waals surface area contributed by atoms with E-state index in [4.69, 9.17) is 0 Å². The molecule has 0 unspecified atom stereocenters. The van der Waals surface area contributed by atoms with Crippen LogP contribution < -0.4 is 5.32 Å². The Morgan fingerprint density at radius 3 is 2.53 bits per heavy atom. The van der Waals surface area contributed by atoms with Crippen LogP contribution in [0.5, 0.6) is 0 Å². The number of nitrogens with zero attached hydrogens (tertiary/aromatic N) is 2. The molecule has 0 aliphatic carbocycles. The Labute approximate surface area is 91.7 Å². The van der Waals surface area contributed by atoms with Gasteiger partial charge in [-0.2, -0.15) is 0 Å². The highest BCUT2D eigenvalue weighted by Gasteiger charge is 1.99. The lowest BCUT2D eigenvalue weighted by Gasteiger charge is -2.05. The summed E-state index contributed by atoms with van der Waals surface area (Å²) in [5, 5.41) is 3.12. The minimum Gasteiger partial charge on any atom is -0.351 e. The Hall–Kier alpha value is -1.38. The Kier molecular flexibility index (Phi) is 4.81. The Morgan fingerprint density at radius 1 is 1.33 bits per heavy atom. The molecule has 0 atom stereocenters. The molecule has 0 saturated carbocycles. The summed E-state index contributed by atoms with van der Waals surface area (Å²) in [5.41, 5.74) is 1.20. The fourth-order valence-corrected chi connectivity index (χ4v) is 1.29. The van der Waals surface area contributed by atoms with Gasteiger partial charge in [0.25, 0.3) is 0 Å². The van der Waals surface area contributed by atoms with Crippen LogP contribution in [0, 0.1) is 5.92 Å². The summed E-state index contributed by atoms with van der Waals surface area (Å²) in [4.78, 5) is 8.49. The zero-order chi connectivity index (χ0) is 11.1.